The van der Waals surface area contributed by atoms with E-state index in [0.29, 0.717) is 11.5 Å². The summed E-state index contributed by atoms with van der Waals surface area (Å²) in [6.45, 7) is -1.08. The van der Waals surface area contributed by atoms with Crippen LogP contribution in [-0.2, 0) is 11.3 Å². The number of ether oxygens (including phenoxy) is 2. The van der Waals surface area contributed by atoms with Crippen LogP contribution in [0.25, 0.3) is 0 Å². The van der Waals surface area contributed by atoms with Crippen LogP contribution in [0.3, 0.4) is 0 Å². The number of nitrogens with one attached hydrogen (secondary N) is 1. The highest BCUT2D eigenvalue weighted by molar-refractivity contribution is 5.91. The molecule has 0 spiro atoms. The molecule has 1 aromatic carbocycles. The summed E-state index contributed by atoms with van der Waals surface area (Å²) in [5, 5.41) is 9.88. The molecule has 3 rings (SSSR count). The van der Waals surface area contributed by atoms with Gasteiger partial charge in [-0.3, -0.25) is 9.59 Å². The first kappa shape index (κ1) is 20.5. The predicted octanol–water partition coefficient (Wildman–Crippen LogP) is 0.961. The molecule has 1 atom stereocenters. The van der Waals surface area contributed by atoms with Gasteiger partial charge in [0.2, 0.25) is 0 Å². The van der Waals surface area contributed by atoms with E-state index in [1.807, 2.05) is 0 Å². The van der Waals surface area contributed by atoms with Gasteiger partial charge in [-0.25, -0.2) is 13.5 Å². The maximum atomic E-state index is 14.0. The van der Waals surface area contributed by atoms with E-state index in [9.17, 15) is 18.4 Å². The third kappa shape index (κ3) is 4.98. The second kappa shape index (κ2) is 8.41. The summed E-state index contributed by atoms with van der Waals surface area (Å²) < 4.78 is 39.7. The molecule has 1 aliphatic rings. The molecule has 1 N–H and O–H groups in total. The van der Waals surface area contributed by atoms with E-state index in [-0.39, 0.29) is 18.8 Å². The smallest absolute Gasteiger partial charge is 0.273 e. The Hall–Kier alpha value is -3.24. The molecule has 0 bridgehead atoms. The van der Waals surface area contributed by atoms with Gasteiger partial charge in [0.05, 0.1) is 32.4 Å². The van der Waals surface area contributed by atoms with Gasteiger partial charge in [-0.15, -0.1) is 5.10 Å². The molecule has 0 radical (unpaired) electrons. The van der Waals surface area contributed by atoms with Crippen molar-refractivity contribution in [3.05, 3.63) is 36.2 Å². The molecule has 1 unspecified atom stereocenters. The van der Waals surface area contributed by atoms with Gasteiger partial charge in [0.15, 0.2) is 12.3 Å². The number of rotatable bonds is 7. The Labute approximate surface area is 165 Å². The molecule has 2 aromatic rings. The van der Waals surface area contributed by atoms with Crippen molar-refractivity contribution in [2.24, 2.45) is 0 Å². The van der Waals surface area contributed by atoms with Gasteiger partial charge >= 0.3 is 0 Å². The molecule has 2 heterocycles. The quantitative estimate of drug-likeness (QED) is 0.732. The first-order chi connectivity index (χ1) is 13.8. The van der Waals surface area contributed by atoms with Crippen LogP contribution in [-0.4, -0.2) is 71.0 Å². The lowest BCUT2D eigenvalue weighted by atomic mass is 10.2. The second-order valence-electron chi connectivity index (χ2n) is 6.60. The lowest BCUT2D eigenvalue weighted by molar-refractivity contribution is -0.135. The van der Waals surface area contributed by atoms with Crippen molar-refractivity contribution in [3.8, 4) is 11.5 Å². The summed E-state index contributed by atoms with van der Waals surface area (Å²) in [6.07, 6.45) is 0.849. The Balaban J connectivity index is 1.64. The van der Waals surface area contributed by atoms with E-state index >= 15 is 0 Å². The second-order valence-corrected chi connectivity index (χ2v) is 6.60. The van der Waals surface area contributed by atoms with E-state index in [4.69, 9.17) is 9.47 Å². The first-order valence-electron chi connectivity index (χ1n) is 8.87. The monoisotopic (exact) mass is 409 g/mol. The lowest BCUT2D eigenvalue weighted by Gasteiger charge is -2.23. The van der Waals surface area contributed by atoms with Crippen molar-refractivity contribution < 1.29 is 27.8 Å². The van der Waals surface area contributed by atoms with Crippen LogP contribution >= 0.6 is 0 Å². The summed E-state index contributed by atoms with van der Waals surface area (Å²) in [6, 6.07) is 5.79. The largest absolute Gasteiger partial charge is 0.497 e. The van der Waals surface area contributed by atoms with Gasteiger partial charge in [-0.05, 0) is 24.3 Å². The first-order valence-corrected chi connectivity index (χ1v) is 8.87. The highest BCUT2D eigenvalue weighted by atomic mass is 19.3. The Morgan fingerprint density at radius 1 is 1.28 bits per heavy atom. The summed E-state index contributed by atoms with van der Waals surface area (Å²) in [5.74, 6) is -2.95. The van der Waals surface area contributed by atoms with Crippen molar-refractivity contribution in [1.82, 2.24) is 25.2 Å². The number of carbonyl (C=O) groups is 2. The van der Waals surface area contributed by atoms with Crippen molar-refractivity contribution in [2.75, 3.05) is 27.3 Å². The number of nitrogens with zero attached hydrogens (tertiary/aromatic N) is 4. The summed E-state index contributed by atoms with van der Waals surface area (Å²) in [7, 11) is 2.97. The maximum absolute atomic E-state index is 14.0. The van der Waals surface area contributed by atoms with Crippen LogP contribution in [0.5, 0.6) is 11.5 Å². The molecule has 1 aromatic heterocycles. The fourth-order valence-electron chi connectivity index (χ4n) is 3.09. The number of amides is 2. The Bertz CT molecular complexity index is 871. The highest BCUT2D eigenvalue weighted by Crippen LogP contribution is 2.33. The van der Waals surface area contributed by atoms with Crippen molar-refractivity contribution in [2.45, 2.75) is 24.9 Å². The summed E-state index contributed by atoms with van der Waals surface area (Å²) in [4.78, 5) is 25.2. The van der Waals surface area contributed by atoms with Gasteiger partial charge in [0, 0.05) is 13.5 Å². The number of benzene rings is 1. The number of carbonyl (C=O) groups excluding carboxylic acids is 2. The van der Waals surface area contributed by atoms with E-state index in [0.717, 1.165) is 4.90 Å². The third-order valence-corrected chi connectivity index (χ3v) is 4.51. The predicted molar refractivity (Wildman–Crippen MR) is 97.0 cm³/mol. The molecule has 0 aliphatic carbocycles. The number of hydrogen-bond acceptors (Lipinski definition) is 6. The minimum Gasteiger partial charge on any atom is -0.497 e. The summed E-state index contributed by atoms with van der Waals surface area (Å²) >= 11 is 0. The van der Waals surface area contributed by atoms with Crippen LogP contribution in [0.1, 0.15) is 16.9 Å². The molecule has 9 nitrogen and oxygen atoms in total. The topological polar surface area (TPSA) is 98.6 Å². The van der Waals surface area contributed by atoms with Crippen LogP contribution in [0.2, 0.25) is 0 Å². The van der Waals surface area contributed by atoms with Gasteiger partial charge in [-0.2, -0.15) is 0 Å². The van der Waals surface area contributed by atoms with E-state index in [2.05, 4.69) is 15.6 Å². The Morgan fingerprint density at radius 2 is 1.97 bits per heavy atom. The fourth-order valence-corrected chi connectivity index (χ4v) is 3.09. The van der Waals surface area contributed by atoms with E-state index in [1.165, 1.54) is 25.0 Å². The molecule has 29 heavy (non-hydrogen) atoms. The van der Waals surface area contributed by atoms with Crippen LogP contribution in [0.15, 0.2) is 30.5 Å². The van der Waals surface area contributed by atoms with Crippen LogP contribution in [0, 0.1) is 0 Å². The zero-order valence-electron chi connectivity index (χ0n) is 16.0. The van der Waals surface area contributed by atoms with Crippen molar-refractivity contribution in [1.29, 1.82) is 0 Å². The highest BCUT2D eigenvalue weighted by Gasteiger charge is 2.47. The lowest BCUT2D eigenvalue weighted by Crippen LogP contribution is -2.41. The maximum Gasteiger partial charge on any atom is 0.273 e. The molecule has 1 saturated heterocycles. The molecule has 2 amide bonds. The third-order valence-electron chi connectivity index (χ3n) is 4.51. The average molecular weight is 409 g/mol. The van der Waals surface area contributed by atoms with Gasteiger partial charge in [0.1, 0.15) is 11.5 Å². The summed E-state index contributed by atoms with van der Waals surface area (Å²) in [5.41, 5.74) is 0.0676. The van der Waals surface area contributed by atoms with Crippen LogP contribution in [0.4, 0.5) is 8.78 Å². The Morgan fingerprint density at radius 3 is 2.62 bits per heavy atom. The van der Waals surface area contributed by atoms with Crippen molar-refractivity contribution in [3.63, 3.8) is 0 Å². The number of likely N-dealkylation sites (tertiary alicyclic amines) is 1. The van der Waals surface area contributed by atoms with E-state index < -0.39 is 36.7 Å². The van der Waals surface area contributed by atoms with Crippen LogP contribution < -0.4 is 14.8 Å². The molecule has 0 saturated carbocycles. The average Bonchev–Trinajstić information content (AvgIpc) is 3.29. The number of alkyl halides is 2. The number of halogens is 2. The molecule has 1 aliphatic heterocycles. The van der Waals surface area contributed by atoms with Gasteiger partial charge < -0.3 is 19.7 Å². The molecular weight excluding hydrogens is 388 g/mol. The molecule has 11 heteroatoms. The molecular formula is C18H21F2N5O4. The minimum atomic E-state index is -3.01. The SMILES string of the molecule is CNC(=O)c1cn(CC2CC(F)(F)CN2C(=O)COc2ccc(OC)cc2)nn1. The molecule has 156 valence electrons. The van der Waals surface area contributed by atoms with Gasteiger partial charge in [0.25, 0.3) is 17.7 Å². The zero-order chi connectivity index (χ0) is 21.0. The minimum absolute atomic E-state index is 0.00609. The normalized spacial score (nSPS) is 17.8. The zero-order valence-corrected chi connectivity index (χ0v) is 16.0. The van der Waals surface area contributed by atoms with E-state index in [1.54, 1.807) is 24.3 Å². The van der Waals surface area contributed by atoms with Gasteiger partial charge in [-0.1, -0.05) is 5.21 Å². The number of methoxy groups -OCH3 is 1. The van der Waals surface area contributed by atoms with Crippen molar-refractivity contribution >= 4 is 11.8 Å². The molecule has 1 fully saturated rings. The fraction of sp³-hybridized carbons (Fsp3) is 0.444. The Kier molecular flexibility index (Phi) is 5.95. The number of hydrogen-bond donors (Lipinski definition) is 1. The number of aromatic nitrogens is 3. The standard InChI is InChI=1S/C18H21F2N5O4/c1-21-17(27)15-9-24(23-22-15)8-12-7-18(19,20)11-25(12)16(26)10-29-14-5-3-13(28-2)4-6-14/h3-6,9,12H,7-8,10-11H2,1-2H3,(H,21,27).